The van der Waals surface area contributed by atoms with Gasteiger partial charge in [-0.25, -0.2) is 12.7 Å². The maximum Gasteiger partial charge on any atom is 0.227 e. The minimum Gasteiger partial charge on any atom is -0.342 e. The summed E-state index contributed by atoms with van der Waals surface area (Å²) < 4.78 is 24.7. The number of carbonyl (C=O) groups excluding carboxylic acids is 1. The number of piperidine rings is 2. The van der Waals surface area contributed by atoms with E-state index >= 15 is 0 Å². The van der Waals surface area contributed by atoms with Gasteiger partial charge in [0.25, 0.3) is 0 Å². The molecule has 0 N–H and O–H groups in total. The highest BCUT2D eigenvalue weighted by Gasteiger charge is 2.35. The maximum absolute atomic E-state index is 12.6. The Morgan fingerprint density at radius 3 is 2.50 bits per heavy atom. The van der Waals surface area contributed by atoms with E-state index in [4.69, 9.17) is 0 Å². The smallest absolute Gasteiger partial charge is 0.227 e. The van der Waals surface area contributed by atoms with E-state index in [2.05, 4.69) is 13.8 Å². The summed E-state index contributed by atoms with van der Waals surface area (Å²) in [7, 11) is -3.18. The number of likely N-dealkylation sites (tertiary alicyclic amines) is 1. The average Bonchev–Trinajstić information content (AvgIpc) is 2.36. The molecule has 6 heteroatoms. The quantitative estimate of drug-likeness (QED) is 0.773. The second kappa shape index (κ2) is 5.64. The number of amides is 1. The van der Waals surface area contributed by atoms with Crippen molar-refractivity contribution < 1.29 is 13.2 Å². The van der Waals surface area contributed by atoms with Gasteiger partial charge in [-0.1, -0.05) is 13.8 Å². The van der Waals surface area contributed by atoms with Crippen molar-refractivity contribution in [2.24, 2.45) is 11.3 Å². The second-order valence-electron chi connectivity index (χ2n) is 6.99. The lowest BCUT2D eigenvalue weighted by atomic mass is 9.83. The van der Waals surface area contributed by atoms with Crippen molar-refractivity contribution in [1.82, 2.24) is 9.21 Å². The Kier molecular flexibility index (Phi) is 4.44. The molecule has 0 saturated carbocycles. The molecule has 1 atom stereocenters. The third-order valence-corrected chi connectivity index (χ3v) is 5.68. The van der Waals surface area contributed by atoms with Crippen LogP contribution in [-0.2, 0) is 14.8 Å². The maximum atomic E-state index is 12.6. The molecule has 2 saturated heterocycles. The number of nitrogens with zero attached hydrogens (tertiary/aromatic N) is 2. The van der Waals surface area contributed by atoms with E-state index in [1.165, 1.54) is 10.6 Å². The van der Waals surface area contributed by atoms with Gasteiger partial charge >= 0.3 is 0 Å². The fraction of sp³-hybridized carbons (Fsp3) is 0.929. The van der Waals surface area contributed by atoms with Crippen LogP contribution in [0, 0.1) is 11.3 Å². The van der Waals surface area contributed by atoms with Crippen LogP contribution in [-0.4, -0.2) is 56.0 Å². The third kappa shape index (κ3) is 3.73. The van der Waals surface area contributed by atoms with E-state index < -0.39 is 10.0 Å². The summed E-state index contributed by atoms with van der Waals surface area (Å²) in [5.74, 6) is -0.0153. The molecular weight excluding hydrogens is 276 g/mol. The van der Waals surface area contributed by atoms with Crippen LogP contribution < -0.4 is 0 Å². The predicted octanol–water partition coefficient (Wildman–Crippen LogP) is 1.31. The first kappa shape index (κ1) is 15.8. The van der Waals surface area contributed by atoms with Gasteiger partial charge in [-0.05, 0) is 31.1 Å². The van der Waals surface area contributed by atoms with E-state index in [9.17, 15) is 13.2 Å². The van der Waals surface area contributed by atoms with Crippen LogP contribution in [0.25, 0.3) is 0 Å². The highest BCUT2D eigenvalue weighted by molar-refractivity contribution is 7.88. The van der Waals surface area contributed by atoms with Crippen LogP contribution in [0.3, 0.4) is 0 Å². The molecule has 1 unspecified atom stereocenters. The molecule has 0 radical (unpaired) electrons. The van der Waals surface area contributed by atoms with Gasteiger partial charge in [-0.2, -0.15) is 0 Å². The van der Waals surface area contributed by atoms with Crippen molar-refractivity contribution in [3.05, 3.63) is 0 Å². The molecule has 20 heavy (non-hydrogen) atoms. The average molecular weight is 302 g/mol. The fourth-order valence-electron chi connectivity index (χ4n) is 3.31. The Labute approximate surface area is 122 Å². The van der Waals surface area contributed by atoms with E-state index in [1.54, 1.807) is 0 Å². The summed E-state index contributed by atoms with van der Waals surface area (Å²) in [6.45, 7) is 6.90. The molecule has 2 aliphatic heterocycles. The molecule has 116 valence electrons. The molecule has 0 bridgehead atoms. The van der Waals surface area contributed by atoms with E-state index in [0.29, 0.717) is 13.1 Å². The number of rotatable bonds is 2. The fourth-order valence-corrected chi connectivity index (χ4v) is 4.23. The van der Waals surface area contributed by atoms with Crippen LogP contribution in [0.1, 0.15) is 39.5 Å². The molecule has 2 rings (SSSR count). The first-order valence-corrected chi connectivity index (χ1v) is 9.28. The molecule has 0 aliphatic carbocycles. The normalized spacial score (nSPS) is 28.4. The Morgan fingerprint density at radius 2 is 1.90 bits per heavy atom. The van der Waals surface area contributed by atoms with Gasteiger partial charge in [0.05, 0.1) is 12.2 Å². The summed E-state index contributed by atoms with van der Waals surface area (Å²) in [6.07, 6.45) is 5.00. The Hall–Kier alpha value is -0.620. The summed E-state index contributed by atoms with van der Waals surface area (Å²) in [5.41, 5.74) is 0.180. The highest BCUT2D eigenvalue weighted by Crippen LogP contribution is 2.30. The Bertz CT molecular complexity index is 473. The van der Waals surface area contributed by atoms with Gasteiger partial charge in [0, 0.05) is 26.2 Å². The zero-order valence-electron chi connectivity index (χ0n) is 12.8. The van der Waals surface area contributed by atoms with Crippen LogP contribution in [0.5, 0.6) is 0 Å². The summed E-state index contributed by atoms with van der Waals surface area (Å²) in [5, 5.41) is 0. The van der Waals surface area contributed by atoms with Crippen molar-refractivity contribution >= 4 is 15.9 Å². The van der Waals surface area contributed by atoms with E-state index in [1.807, 2.05) is 4.90 Å². The molecular formula is C14H26N2O3S. The van der Waals surface area contributed by atoms with Gasteiger partial charge in [-0.15, -0.1) is 0 Å². The Morgan fingerprint density at radius 1 is 1.20 bits per heavy atom. The zero-order valence-corrected chi connectivity index (χ0v) is 13.6. The van der Waals surface area contributed by atoms with Crippen molar-refractivity contribution in [3.8, 4) is 0 Å². The first-order chi connectivity index (χ1) is 9.19. The van der Waals surface area contributed by atoms with Crippen molar-refractivity contribution in [2.75, 3.05) is 32.4 Å². The minimum atomic E-state index is -3.18. The van der Waals surface area contributed by atoms with Crippen LogP contribution in [0.2, 0.25) is 0 Å². The number of hydrogen-bond acceptors (Lipinski definition) is 3. The summed E-state index contributed by atoms with van der Waals surface area (Å²) >= 11 is 0. The standard InChI is InChI=1S/C14H26N2O3S/c1-14(2)7-5-8-15(11-14)13(17)12-6-4-9-16(10-12)20(3,18)19/h12H,4-11H2,1-3H3. The molecule has 0 spiro atoms. The van der Waals surface area contributed by atoms with E-state index in [-0.39, 0.29) is 17.2 Å². The monoisotopic (exact) mass is 302 g/mol. The molecule has 1 amide bonds. The zero-order chi connectivity index (χ0) is 15.0. The lowest BCUT2D eigenvalue weighted by Gasteiger charge is -2.41. The van der Waals surface area contributed by atoms with E-state index in [0.717, 1.165) is 38.8 Å². The van der Waals surface area contributed by atoms with Crippen molar-refractivity contribution in [3.63, 3.8) is 0 Å². The van der Waals surface area contributed by atoms with Crippen LogP contribution >= 0.6 is 0 Å². The lowest BCUT2D eigenvalue weighted by Crippen LogP contribution is -2.50. The van der Waals surface area contributed by atoms with Gasteiger partial charge in [-0.3, -0.25) is 4.79 Å². The SMILES string of the molecule is CC1(C)CCCN(C(=O)C2CCCN(S(C)(=O)=O)C2)C1. The molecule has 2 aliphatic rings. The highest BCUT2D eigenvalue weighted by atomic mass is 32.2. The third-order valence-electron chi connectivity index (χ3n) is 4.41. The van der Waals surface area contributed by atoms with Gasteiger partial charge < -0.3 is 4.90 Å². The first-order valence-electron chi connectivity index (χ1n) is 7.43. The largest absolute Gasteiger partial charge is 0.342 e. The molecule has 0 aromatic carbocycles. The van der Waals surface area contributed by atoms with Gasteiger partial charge in [0.1, 0.15) is 0 Å². The second-order valence-corrected chi connectivity index (χ2v) is 8.97. The summed E-state index contributed by atoms with van der Waals surface area (Å²) in [6, 6.07) is 0. The lowest BCUT2D eigenvalue weighted by molar-refractivity contribution is -0.139. The number of sulfonamides is 1. The number of hydrogen-bond donors (Lipinski definition) is 0. The minimum absolute atomic E-state index is 0.145. The van der Waals surface area contributed by atoms with Crippen LogP contribution in [0.4, 0.5) is 0 Å². The molecule has 0 aromatic rings. The van der Waals surface area contributed by atoms with Crippen molar-refractivity contribution in [2.45, 2.75) is 39.5 Å². The summed E-state index contributed by atoms with van der Waals surface area (Å²) in [4.78, 5) is 14.6. The topological polar surface area (TPSA) is 57.7 Å². The van der Waals surface area contributed by atoms with Gasteiger partial charge in [0.2, 0.25) is 15.9 Å². The molecule has 0 aromatic heterocycles. The Balaban J connectivity index is 2.02. The predicted molar refractivity (Wildman–Crippen MR) is 78.7 cm³/mol. The van der Waals surface area contributed by atoms with Crippen LogP contribution in [0.15, 0.2) is 0 Å². The van der Waals surface area contributed by atoms with Gasteiger partial charge in [0.15, 0.2) is 0 Å². The number of carbonyl (C=O) groups is 1. The molecule has 2 heterocycles. The molecule has 2 fully saturated rings. The van der Waals surface area contributed by atoms with Crippen molar-refractivity contribution in [1.29, 1.82) is 0 Å². The molecule has 5 nitrogen and oxygen atoms in total.